The van der Waals surface area contributed by atoms with Gasteiger partial charge in [-0.2, -0.15) is 0 Å². The molecule has 0 aliphatic carbocycles. The van der Waals surface area contributed by atoms with Gasteiger partial charge in [0.2, 0.25) is 0 Å². The SMILES string of the molecule is CC(C)(C)OC(=O)N1CC[C@]2(C1)[C@H](CN)CCS2(=O)=O. The zero-order valence-electron chi connectivity index (χ0n) is 12.4. The number of hydrogen-bond donors (Lipinski definition) is 1. The van der Waals surface area contributed by atoms with Crippen molar-refractivity contribution >= 4 is 15.9 Å². The average molecular weight is 304 g/mol. The fraction of sp³-hybridized carbons (Fsp3) is 0.923. The van der Waals surface area contributed by atoms with Crippen LogP contribution < -0.4 is 5.73 Å². The molecule has 0 radical (unpaired) electrons. The van der Waals surface area contributed by atoms with Crippen LogP contribution in [0.15, 0.2) is 0 Å². The highest BCUT2D eigenvalue weighted by Crippen LogP contribution is 2.44. The first kappa shape index (κ1) is 15.6. The number of ether oxygens (including phenoxy) is 1. The molecule has 1 spiro atoms. The highest BCUT2D eigenvalue weighted by Gasteiger charge is 2.58. The molecule has 0 bridgehead atoms. The molecule has 2 atom stereocenters. The Kier molecular flexibility index (Phi) is 3.79. The van der Waals surface area contributed by atoms with Crippen molar-refractivity contribution in [3.05, 3.63) is 0 Å². The highest BCUT2D eigenvalue weighted by molar-refractivity contribution is 7.93. The maximum absolute atomic E-state index is 12.4. The van der Waals surface area contributed by atoms with Crippen molar-refractivity contribution in [2.24, 2.45) is 11.7 Å². The molecule has 6 nitrogen and oxygen atoms in total. The summed E-state index contributed by atoms with van der Waals surface area (Å²) in [6, 6.07) is 0. The fourth-order valence-corrected chi connectivity index (χ4v) is 5.70. The molecule has 7 heteroatoms. The predicted molar refractivity (Wildman–Crippen MR) is 76.1 cm³/mol. The van der Waals surface area contributed by atoms with Crippen molar-refractivity contribution in [2.45, 2.75) is 44.0 Å². The minimum absolute atomic E-state index is 0.0556. The Labute approximate surface area is 120 Å². The second kappa shape index (κ2) is 4.87. The number of sulfone groups is 1. The van der Waals surface area contributed by atoms with Crippen LogP contribution in [-0.2, 0) is 14.6 Å². The minimum atomic E-state index is -3.19. The lowest BCUT2D eigenvalue weighted by Gasteiger charge is -2.30. The third kappa shape index (κ3) is 2.53. The lowest BCUT2D eigenvalue weighted by atomic mass is 9.89. The fourth-order valence-electron chi connectivity index (χ4n) is 3.23. The minimum Gasteiger partial charge on any atom is -0.444 e. The highest BCUT2D eigenvalue weighted by atomic mass is 32.2. The predicted octanol–water partition coefficient (Wildman–Crippen LogP) is 0.759. The van der Waals surface area contributed by atoms with Gasteiger partial charge in [-0.25, -0.2) is 13.2 Å². The molecule has 2 N–H and O–H groups in total. The van der Waals surface area contributed by atoms with Gasteiger partial charge in [-0.15, -0.1) is 0 Å². The van der Waals surface area contributed by atoms with Crippen LogP contribution in [0.1, 0.15) is 33.6 Å². The van der Waals surface area contributed by atoms with Gasteiger partial charge >= 0.3 is 6.09 Å². The van der Waals surface area contributed by atoms with E-state index in [0.29, 0.717) is 25.9 Å². The maximum Gasteiger partial charge on any atom is 0.410 e. The number of likely N-dealkylation sites (tertiary alicyclic amines) is 1. The van der Waals surface area contributed by atoms with Gasteiger partial charge < -0.3 is 15.4 Å². The van der Waals surface area contributed by atoms with Gasteiger partial charge in [-0.05, 0) is 46.1 Å². The Bertz CT molecular complexity index is 497. The van der Waals surface area contributed by atoms with Crippen LogP contribution in [-0.4, -0.2) is 55.1 Å². The summed E-state index contributed by atoms with van der Waals surface area (Å²) in [6.45, 7) is 6.38. The van der Waals surface area contributed by atoms with Crippen molar-refractivity contribution in [3.8, 4) is 0 Å². The standard InChI is InChI=1S/C13H24N2O4S/c1-12(2,3)19-11(16)15-6-5-13(9-15)10(8-14)4-7-20(13,17)18/h10H,4-9,14H2,1-3H3/t10-,13-/m0/s1. The summed E-state index contributed by atoms with van der Waals surface area (Å²) in [7, 11) is -3.19. The number of carbonyl (C=O) groups is 1. The number of carbonyl (C=O) groups excluding carboxylic acids is 1. The van der Waals surface area contributed by atoms with Crippen LogP contribution in [0.2, 0.25) is 0 Å². The zero-order chi connectivity index (χ0) is 15.2. The molecule has 0 saturated carbocycles. The molecular weight excluding hydrogens is 280 g/mol. The smallest absolute Gasteiger partial charge is 0.410 e. The lowest BCUT2D eigenvalue weighted by molar-refractivity contribution is 0.0287. The van der Waals surface area contributed by atoms with E-state index in [1.165, 1.54) is 4.90 Å². The first-order valence-electron chi connectivity index (χ1n) is 7.02. The molecule has 2 aliphatic rings. The number of nitrogens with zero attached hydrogens (tertiary/aromatic N) is 1. The maximum atomic E-state index is 12.4. The van der Waals surface area contributed by atoms with Crippen LogP contribution in [0, 0.1) is 5.92 Å². The molecule has 0 unspecified atom stereocenters. The molecule has 2 heterocycles. The summed E-state index contributed by atoms with van der Waals surface area (Å²) in [4.78, 5) is 13.6. The van der Waals surface area contributed by atoms with Gasteiger partial charge in [0.15, 0.2) is 9.84 Å². The van der Waals surface area contributed by atoms with E-state index in [0.717, 1.165) is 0 Å². The van der Waals surface area contributed by atoms with Gasteiger partial charge in [0.05, 0.1) is 10.5 Å². The number of rotatable bonds is 1. The summed E-state index contributed by atoms with van der Waals surface area (Å²) in [5.74, 6) is 0.122. The second-order valence-corrected chi connectivity index (χ2v) is 9.21. The van der Waals surface area contributed by atoms with Gasteiger partial charge in [0.25, 0.3) is 0 Å². The zero-order valence-corrected chi connectivity index (χ0v) is 13.2. The van der Waals surface area contributed by atoms with Gasteiger partial charge in [-0.1, -0.05) is 0 Å². The quantitative estimate of drug-likeness (QED) is 0.772. The van der Waals surface area contributed by atoms with E-state index < -0.39 is 26.3 Å². The van der Waals surface area contributed by atoms with Crippen molar-refractivity contribution in [2.75, 3.05) is 25.4 Å². The van der Waals surface area contributed by atoms with Gasteiger partial charge in [-0.3, -0.25) is 0 Å². The van der Waals surface area contributed by atoms with Crippen LogP contribution >= 0.6 is 0 Å². The van der Waals surface area contributed by atoms with Crippen molar-refractivity contribution in [1.82, 2.24) is 4.90 Å². The van der Waals surface area contributed by atoms with Crippen LogP contribution in [0.4, 0.5) is 4.79 Å². The van der Waals surface area contributed by atoms with E-state index >= 15 is 0 Å². The van der Waals surface area contributed by atoms with Gasteiger partial charge in [0, 0.05) is 13.1 Å². The van der Waals surface area contributed by atoms with Crippen molar-refractivity contribution < 1.29 is 17.9 Å². The monoisotopic (exact) mass is 304 g/mol. The van der Waals surface area contributed by atoms with E-state index in [9.17, 15) is 13.2 Å². The molecule has 20 heavy (non-hydrogen) atoms. The van der Waals surface area contributed by atoms with E-state index in [-0.39, 0.29) is 18.2 Å². The molecule has 116 valence electrons. The summed E-state index contributed by atoms with van der Waals surface area (Å²) >= 11 is 0. The molecule has 2 aliphatic heterocycles. The third-order valence-corrected chi connectivity index (χ3v) is 6.98. The molecule has 0 aromatic carbocycles. The first-order chi connectivity index (χ1) is 9.11. The van der Waals surface area contributed by atoms with E-state index in [2.05, 4.69) is 0 Å². The Balaban J connectivity index is 2.17. The van der Waals surface area contributed by atoms with Crippen LogP contribution in [0.3, 0.4) is 0 Å². The second-order valence-electron chi connectivity index (χ2n) is 6.76. The average Bonchev–Trinajstić information content (AvgIpc) is 2.83. The van der Waals surface area contributed by atoms with E-state index in [1.807, 2.05) is 0 Å². The molecule has 2 saturated heterocycles. The number of amides is 1. The molecule has 0 aromatic heterocycles. The summed E-state index contributed by atoms with van der Waals surface area (Å²) < 4.78 is 29.2. The Morgan fingerprint density at radius 3 is 2.65 bits per heavy atom. The number of hydrogen-bond acceptors (Lipinski definition) is 5. The first-order valence-corrected chi connectivity index (χ1v) is 8.67. The van der Waals surface area contributed by atoms with Crippen molar-refractivity contribution in [3.63, 3.8) is 0 Å². The largest absolute Gasteiger partial charge is 0.444 e. The molecule has 2 fully saturated rings. The van der Waals surface area contributed by atoms with E-state index in [1.54, 1.807) is 20.8 Å². The van der Waals surface area contributed by atoms with Crippen LogP contribution in [0.5, 0.6) is 0 Å². The summed E-state index contributed by atoms with van der Waals surface area (Å²) in [6.07, 6.45) is 0.629. The van der Waals surface area contributed by atoms with E-state index in [4.69, 9.17) is 10.5 Å². The van der Waals surface area contributed by atoms with Crippen LogP contribution in [0.25, 0.3) is 0 Å². The molecule has 0 aromatic rings. The topological polar surface area (TPSA) is 89.7 Å². The number of nitrogens with two attached hydrogens (primary N) is 1. The Hall–Kier alpha value is -0.820. The third-order valence-electron chi connectivity index (χ3n) is 4.30. The molecule has 2 rings (SSSR count). The van der Waals surface area contributed by atoms with Gasteiger partial charge in [0.1, 0.15) is 5.60 Å². The molecular formula is C13H24N2O4S. The normalized spacial score (nSPS) is 32.8. The Morgan fingerprint density at radius 2 is 2.10 bits per heavy atom. The molecule has 1 amide bonds. The summed E-state index contributed by atoms with van der Waals surface area (Å²) in [5.41, 5.74) is 5.16. The lowest BCUT2D eigenvalue weighted by Crippen LogP contribution is -2.47. The van der Waals surface area contributed by atoms with Crippen molar-refractivity contribution in [1.29, 1.82) is 0 Å². The Morgan fingerprint density at radius 1 is 1.45 bits per heavy atom. The summed E-state index contributed by atoms with van der Waals surface area (Å²) in [5, 5.41) is 0.